The molecule has 1 atom stereocenters. The second-order valence-corrected chi connectivity index (χ2v) is 11.6. The van der Waals surface area contributed by atoms with Crippen LogP contribution in [0.2, 0.25) is 5.02 Å². The zero-order chi connectivity index (χ0) is 23.7. The van der Waals surface area contributed by atoms with Gasteiger partial charge in [-0.05, 0) is 57.2 Å². The monoisotopic (exact) mass is 487 g/mol. The molecule has 1 aliphatic heterocycles. The smallest absolute Gasteiger partial charge is 0.229 e. The van der Waals surface area contributed by atoms with Crippen LogP contribution in [0.4, 0.5) is 4.39 Å². The molecule has 1 N–H and O–H groups in total. The number of sulfonamides is 1. The predicted molar refractivity (Wildman–Crippen MR) is 121 cm³/mol. The Bertz CT molecular complexity index is 975. The number of rotatable bonds is 8. The van der Waals surface area contributed by atoms with E-state index in [1.54, 1.807) is 31.9 Å². The van der Waals surface area contributed by atoms with Crippen molar-refractivity contribution in [1.82, 2.24) is 14.5 Å². The number of carbonyl (C=O) groups is 2. The van der Waals surface area contributed by atoms with E-state index in [9.17, 15) is 22.4 Å². The van der Waals surface area contributed by atoms with Gasteiger partial charge in [0.05, 0.1) is 22.2 Å². The van der Waals surface area contributed by atoms with Crippen LogP contribution in [-0.2, 0) is 19.6 Å². The molecule has 1 heterocycles. The first-order valence-electron chi connectivity index (χ1n) is 11.0. The molecule has 10 heteroatoms. The maximum Gasteiger partial charge on any atom is 0.229 e. The number of amides is 2. The van der Waals surface area contributed by atoms with Crippen LogP contribution in [0.15, 0.2) is 18.2 Å². The van der Waals surface area contributed by atoms with Crippen molar-refractivity contribution in [2.75, 3.05) is 32.4 Å². The average molecular weight is 488 g/mol. The summed E-state index contributed by atoms with van der Waals surface area (Å²) in [5.74, 6) is -1.38. The van der Waals surface area contributed by atoms with E-state index in [0.29, 0.717) is 38.0 Å². The van der Waals surface area contributed by atoms with E-state index in [2.05, 4.69) is 5.32 Å². The number of piperidine rings is 1. The molecule has 2 fully saturated rings. The minimum absolute atomic E-state index is 0.0199. The molecule has 1 saturated heterocycles. The summed E-state index contributed by atoms with van der Waals surface area (Å²) < 4.78 is 38.9. The van der Waals surface area contributed by atoms with Gasteiger partial charge in [-0.2, -0.15) is 0 Å². The van der Waals surface area contributed by atoms with Crippen LogP contribution in [0.1, 0.15) is 51.0 Å². The van der Waals surface area contributed by atoms with Crippen molar-refractivity contribution < 1.29 is 22.4 Å². The lowest BCUT2D eigenvalue weighted by Gasteiger charge is -2.32. The van der Waals surface area contributed by atoms with Crippen LogP contribution in [0.3, 0.4) is 0 Å². The number of hydrogen-bond acceptors (Lipinski definition) is 4. The van der Waals surface area contributed by atoms with Gasteiger partial charge in [-0.15, -0.1) is 0 Å². The Morgan fingerprint density at radius 2 is 1.94 bits per heavy atom. The van der Waals surface area contributed by atoms with Gasteiger partial charge in [0.2, 0.25) is 21.8 Å². The first-order valence-corrected chi connectivity index (χ1v) is 13.0. The number of hydrogen-bond donors (Lipinski definition) is 1. The van der Waals surface area contributed by atoms with Crippen molar-refractivity contribution in [3.8, 4) is 0 Å². The van der Waals surface area contributed by atoms with Crippen LogP contribution in [0.25, 0.3) is 0 Å². The second-order valence-electron chi connectivity index (χ2n) is 8.93. The molecule has 2 aliphatic rings. The standard InChI is InChI=1S/C22H31ClFN3O4S/c1-4-32(30,31)27-11-7-16(8-12-27)20(28)25-22(9-10-22)14-26(3)21(29)15(2)17-5-6-19(24)18(23)13-17/h5-6,13,15-16H,4,7-12,14H2,1-3H3,(H,25,28). The maximum absolute atomic E-state index is 13.4. The number of carbonyl (C=O) groups excluding carboxylic acids is 2. The van der Waals surface area contributed by atoms with Crippen molar-refractivity contribution in [3.63, 3.8) is 0 Å². The van der Waals surface area contributed by atoms with Gasteiger partial charge in [-0.3, -0.25) is 9.59 Å². The first-order chi connectivity index (χ1) is 15.0. The van der Waals surface area contributed by atoms with Crippen LogP contribution >= 0.6 is 11.6 Å². The van der Waals surface area contributed by atoms with Crippen molar-refractivity contribution in [2.45, 2.75) is 51.0 Å². The molecule has 178 valence electrons. The van der Waals surface area contributed by atoms with E-state index in [-0.39, 0.29) is 28.5 Å². The fourth-order valence-electron chi connectivity index (χ4n) is 4.20. The van der Waals surface area contributed by atoms with E-state index in [1.165, 1.54) is 16.4 Å². The molecule has 0 radical (unpaired) electrons. The molecule has 1 aromatic rings. The third-order valence-corrected chi connectivity index (χ3v) is 8.73. The third-order valence-electron chi connectivity index (χ3n) is 6.55. The van der Waals surface area contributed by atoms with Crippen molar-refractivity contribution in [2.24, 2.45) is 5.92 Å². The lowest BCUT2D eigenvalue weighted by Crippen LogP contribution is -2.50. The van der Waals surface area contributed by atoms with Crippen LogP contribution in [0, 0.1) is 11.7 Å². The predicted octanol–water partition coefficient (Wildman–Crippen LogP) is 2.75. The molecule has 1 saturated carbocycles. The molecule has 3 rings (SSSR count). The molecule has 7 nitrogen and oxygen atoms in total. The average Bonchev–Trinajstić information content (AvgIpc) is 3.53. The molecular formula is C22H31ClFN3O4S. The second kappa shape index (κ2) is 9.65. The van der Waals surface area contributed by atoms with E-state index < -0.39 is 27.3 Å². The number of benzene rings is 1. The topological polar surface area (TPSA) is 86.8 Å². The number of nitrogens with one attached hydrogen (secondary N) is 1. The fraction of sp³-hybridized carbons (Fsp3) is 0.636. The molecule has 1 aromatic carbocycles. The first kappa shape index (κ1) is 24.9. The Morgan fingerprint density at radius 3 is 2.47 bits per heavy atom. The molecule has 32 heavy (non-hydrogen) atoms. The normalized spacial score (nSPS) is 19.9. The molecule has 0 aromatic heterocycles. The Hall–Kier alpha value is -1.71. The highest BCUT2D eigenvalue weighted by atomic mass is 35.5. The van der Waals surface area contributed by atoms with Gasteiger partial charge in [-0.1, -0.05) is 17.7 Å². The van der Waals surface area contributed by atoms with Gasteiger partial charge >= 0.3 is 0 Å². The van der Waals surface area contributed by atoms with Crippen molar-refractivity contribution in [1.29, 1.82) is 0 Å². The Kier molecular flexibility index (Phi) is 7.51. The van der Waals surface area contributed by atoms with Crippen LogP contribution < -0.4 is 5.32 Å². The van der Waals surface area contributed by atoms with E-state index in [0.717, 1.165) is 12.8 Å². The summed E-state index contributed by atoms with van der Waals surface area (Å²) in [7, 11) is -1.53. The molecule has 0 spiro atoms. The van der Waals surface area contributed by atoms with Gasteiger partial charge in [0, 0.05) is 32.6 Å². The van der Waals surface area contributed by atoms with Crippen molar-refractivity contribution in [3.05, 3.63) is 34.6 Å². The quantitative estimate of drug-likeness (QED) is 0.610. The lowest BCUT2D eigenvalue weighted by molar-refractivity contribution is -0.133. The SMILES string of the molecule is CCS(=O)(=O)N1CCC(C(=O)NC2(CN(C)C(=O)C(C)c3ccc(F)c(Cl)c3)CC2)CC1. The van der Waals surface area contributed by atoms with Gasteiger partial charge in [0.1, 0.15) is 5.82 Å². The lowest BCUT2D eigenvalue weighted by atomic mass is 9.96. The molecular weight excluding hydrogens is 457 g/mol. The Labute approximate surface area is 194 Å². The largest absolute Gasteiger partial charge is 0.349 e. The zero-order valence-corrected chi connectivity index (χ0v) is 20.3. The number of likely N-dealkylation sites (N-methyl/N-ethyl adjacent to an activating group) is 1. The number of halogens is 2. The van der Waals surface area contributed by atoms with Crippen LogP contribution in [-0.4, -0.2) is 67.4 Å². The van der Waals surface area contributed by atoms with Crippen LogP contribution in [0.5, 0.6) is 0 Å². The summed E-state index contributed by atoms with van der Waals surface area (Å²) in [4.78, 5) is 27.3. The van der Waals surface area contributed by atoms with Crippen molar-refractivity contribution >= 4 is 33.4 Å². The van der Waals surface area contributed by atoms with Gasteiger partial charge in [0.15, 0.2) is 0 Å². The maximum atomic E-state index is 13.4. The highest BCUT2D eigenvalue weighted by molar-refractivity contribution is 7.89. The molecule has 2 amide bonds. The Balaban J connectivity index is 1.54. The van der Waals surface area contributed by atoms with E-state index in [4.69, 9.17) is 11.6 Å². The molecule has 1 unspecified atom stereocenters. The summed E-state index contributed by atoms with van der Waals surface area (Å²) in [5.41, 5.74) is 0.199. The van der Waals surface area contributed by atoms with E-state index >= 15 is 0 Å². The molecule has 0 bridgehead atoms. The Morgan fingerprint density at radius 1 is 1.31 bits per heavy atom. The fourth-order valence-corrected chi connectivity index (χ4v) is 5.52. The summed E-state index contributed by atoms with van der Waals surface area (Å²) >= 11 is 5.85. The van der Waals surface area contributed by atoms with Gasteiger partial charge in [0.25, 0.3) is 0 Å². The zero-order valence-electron chi connectivity index (χ0n) is 18.7. The summed E-state index contributed by atoms with van der Waals surface area (Å²) in [6.45, 7) is 4.47. The minimum atomic E-state index is -3.23. The third kappa shape index (κ3) is 5.61. The summed E-state index contributed by atoms with van der Waals surface area (Å²) in [6, 6.07) is 4.27. The number of nitrogens with zero attached hydrogens (tertiary/aromatic N) is 2. The van der Waals surface area contributed by atoms with Gasteiger partial charge in [-0.25, -0.2) is 17.1 Å². The highest BCUT2D eigenvalue weighted by Crippen LogP contribution is 2.37. The molecule has 1 aliphatic carbocycles. The van der Waals surface area contributed by atoms with E-state index in [1.807, 2.05) is 0 Å². The minimum Gasteiger partial charge on any atom is -0.349 e. The summed E-state index contributed by atoms with van der Waals surface area (Å²) in [5, 5.41) is 3.09. The highest BCUT2D eigenvalue weighted by Gasteiger charge is 2.47. The van der Waals surface area contributed by atoms with Gasteiger partial charge < -0.3 is 10.2 Å². The summed E-state index contributed by atoms with van der Waals surface area (Å²) in [6.07, 6.45) is 2.57.